The van der Waals surface area contributed by atoms with Gasteiger partial charge in [-0.3, -0.25) is 9.69 Å². The van der Waals surface area contributed by atoms with Crippen LogP contribution in [0.4, 0.5) is 5.69 Å². The molecule has 1 amide bonds. The number of likely N-dealkylation sites (N-methyl/N-ethyl adjacent to an activating group) is 1. The fourth-order valence-electron chi connectivity index (χ4n) is 3.11. The van der Waals surface area contributed by atoms with E-state index >= 15 is 0 Å². The molecule has 0 aromatic heterocycles. The van der Waals surface area contributed by atoms with Gasteiger partial charge in [-0.2, -0.15) is 0 Å². The molecule has 0 bridgehead atoms. The molecule has 0 unspecified atom stereocenters. The van der Waals surface area contributed by atoms with Crippen molar-refractivity contribution in [2.24, 2.45) is 4.99 Å². The Hall–Kier alpha value is -3.06. The van der Waals surface area contributed by atoms with E-state index in [1.807, 2.05) is 19.1 Å². The lowest BCUT2D eigenvalue weighted by molar-refractivity contribution is -0.121. The van der Waals surface area contributed by atoms with Crippen LogP contribution in [0.5, 0.6) is 5.75 Å². The molecule has 2 aromatic carbocycles. The van der Waals surface area contributed by atoms with Gasteiger partial charge in [-0.05, 0) is 77.7 Å². The summed E-state index contributed by atoms with van der Waals surface area (Å²) in [7, 11) is 3.32. The van der Waals surface area contributed by atoms with E-state index in [1.54, 1.807) is 26.3 Å². The molecule has 7 heteroatoms. The average molecular weight is 425 g/mol. The van der Waals surface area contributed by atoms with Crippen molar-refractivity contribution in [2.45, 2.75) is 26.7 Å². The number of benzene rings is 2. The smallest absolute Gasteiger partial charge is 0.335 e. The zero-order valence-electron chi connectivity index (χ0n) is 17.6. The minimum absolute atomic E-state index is 0.144. The van der Waals surface area contributed by atoms with Gasteiger partial charge in [-0.15, -0.1) is 0 Å². The van der Waals surface area contributed by atoms with Crippen LogP contribution in [-0.2, 0) is 4.79 Å². The number of carbonyl (C=O) groups is 2. The second-order valence-corrected chi connectivity index (χ2v) is 8.34. The number of aliphatic imine (C=N–C) groups is 1. The fraction of sp³-hybridized carbons (Fsp3) is 0.261. The third-order valence-corrected chi connectivity index (χ3v) is 5.91. The zero-order valence-corrected chi connectivity index (χ0v) is 18.4. The van der Waals surface area contributed by atoms with Gasteiger partial charge < -0.3 is 9.84 Å². The maximum atomic E-state index is 12.8. The first kappa shape index (κ1) is 21.6. The van der Waals surface area contributed by atoms with E-state index in [0.29, 0.717) is 15.8 Å². The molecular weight excluding hydrogens is 400 g/mol. The van der Waals surface area contributed by atoms with Gasteiger partial charge in [0, 0.05) is 7.05 Å². The molecule has 1 aliphatic rings. The monoisotopic (exact) mass is 424 g/mol. The van der Waals surface area contributed by atoms with E-state index in [-0.39, 0.29) is 17.4 Å². The SMILES string of the molecule is COc1cc(C)c(C=C2SC(=Nc3cccc(C(=O)O)c3)N(C)C2=O)cc1C(C)C. The van der Waals surface area contributed by atoms with Crippen LogP contribution in [0.1, 0.15) is 46.8 Å². The molecule has 0 saturated carbocycles. The van der Waals surface area contributed by atoms with Crippen molar-refractivity contribution < 1.29 is 19.4 Å². The van der Waals surface area contributed by atoms with Crippen LogP contribution < -0.4 is 4.74 Å². The van der Waals surface area contributed by atoms with E-state index in [9.17, 15) is 9.59 Å². The summed E-state index contributed by atoms with van der Waals surface area (Å²) in [6.45, 7) is 6.19. The molecule has 1 fully saturated rings. The number of amidine groups is 1. The number of carbonyl (C=O) groups excluding carboxylic acids is 1. The number of carboxylic acids is 1. The van der Waals surface area contributed by atoms with Gasteiger partial charge >= 0.3 is 5.97 Å². The number of nitrogens with zero attached hydrogens (tertiary/aromatic N) is 2. The molecule has 3 rings (SSSR count). The van der Waals surface area contributed by atoms with Gasteiger partial charge in [0.1, 0.15) is 5.75 Å². The Morgan fingerprint density at radius 3 is 2.63 bits per heavy atom. The zero-order chi connectivity index (χ0) is 22.0. The lowest BCUT2D eigenvalue weighted by atomic mass is 9.96. The Labute approximate surface area is 180 Å². The first-order valence-electron chi connectivity index (χ1n) is 9.49. The average Bonchev–Trinajstić information content (AvgIpc) is 2.97. The fourth-order valence-corrected chi connectivity index (χ4v) is 4.09. The molecule has 0 aliphatic carbocycles. The molecule has 0 spiro atoms. The largest absolute Gasteiger partial charge is 0.496 e. The molecule has 156 valence electrons. The predicted octanol–water partition coefficient (Wildman–Crippen LogP) is 5.06. The van der Waals surface area contributed by atoms with E-state index in [1.165, 1.54) is 28.8 Å². The van der Waals surface area contributed by atoms with Gasteiger partial charge in [-0.1, -0.05) is 19.9 Å². The number of aromatic carboxylic acids is 1. The van der Waals surface area contributed by atoms with Crippen LogP contribution in [0.15, 0.2) is 46.3 Å². The third kappa shape index (κ3) is 4.41. The number of hydrogen-bond acceptors (Lipinski definition) is 5. The Kier molecular flexibility index (Phi) is 6.31. The molecule has 0 radical (unpaired) electrons. The molecule has 1 aliphatic heterocycles. The van der Waals surface area contributed by atoms with Gasteiger partial charge in [0.15, 0.2) is 5.17 Å². The molecule has 1 N–H and O–H groups in total. The summed E-state index contributed by atoms with van der Waals surface area (Å²) >= 11 is 1.27. The molecule has 2 aromatic rings. The van der Waals surface area contributed by atoms with Crippen LogP contribution in [0.2, 0.25) is 0 Å². The summed E-state index contributed by atoms with van der Waals surface area (Å²) < 4.78 is 5.50. The van der Waals surface area contributed by atoms with Gasteiger partial charge in [0.2, 0.25) is 0 Å². The van der Waals surface area contributed by atoms with Gasteiger partial charge in [0.25, 0.3) is 5.91 Å². The van der Waals surface area contributed by atoms with Gasteiger partial charge in [0.05, 0.1) is 23.3 Å². The predicted molar refractivity (Wildman–Crippen MR) is 121 cm³/mol. The normalized spacial score (nSPS) is 16.7. The summed E-state index contributed by atoms with van der Waals surface area (Å²) in [6, 6.07) is 10.4. The first-order chi connectivity index (χ1) is 14.2. The van der Waals surface area contributed by atoms with Crippen LogP contribution in [0.25, 0.3) is 6.08 Å². The van der Waals surface area contributed by atoms with Crippen LogP contribution in [0.3, 0.4) is 0 Å². The van der Waals surface area contributed by atoms with Crippen molar-refractivity contribution in [3.8, 4) is 5.75 Å². The highest BCUT2D eigenvalue weighted by molar-refractivity contribution is 8.18. The van der Waals surface area contributed by atoms with Crippen molar-refractivity contribution in [3.63, 3.8) is 0 Å². The molecule has 6 nitrogen and oxygen atoms in total. The van der Waals surface area contributed by atoms with Crippen molar-refractivity contribution in [2.75, 3.05) is 14.2 Å². The minimum atomic E-state index is -1.02. The highest BCUT2D eigenvalue weighted by Crippen LogP contribution is 2.36. The van der Waals surface area contributed by atoms with Crippen molar-refractivity contribution in [1.29, 1.82) is 0 Å². The summed E-state index contributed by atoms with van der Waals surface area (Å²) in [5.74, 6) is -0.0368. The first-order valence-corrected chi connectivity index (χ1v) is 10.3. The standard InChI is InChI=1S/C23H24N2O4S/c1-13(2)18-11-16(14(3)9-19(18)29-5)12-20-21(26)25(4)23(30-20)24-17-8-6-7-15(10-17)22(27)28/h6-13H,1-5H3,(H,27,28). The summed E-state index contributed by atoms with van der Waals surface area (Å²) in [5.41, 5.74) is 3.69. The van der Waals surface area contributed by atoms with Gasteiger partial charge in [-0.25, -0.2) is 9.79 Å². The quantitative estimate of drug-likeness (QED) is 0.679. The number of thioether (sulfide) groups is 1. The number of aryl methyl sites for hydroxylation is 1. The van der Waals surface area contributed by atoms with Crippen molar-refractivity contribution in [3.05, 3.63) is 63.6 Å². The van der Waals surface area contributed by atoms with Crippen molar-refractivity contribution in [1.82, 2.24) is 4.90 Å². The molecule has 1 heterocycles. The van der Waals surface area contributed by atoms with E-state index < -0.39 is 5.97 Å². The summed E-state index contributed by atoms with van der Waals surface area (Å²) in [6.07, 6.45) is 1.88. The van der Waals surface area contributed by atoms with Crippen LogP contribution in [0, 0.1) is 6.92 Å². The lowest BCUT2D eigenvalue weighted by Crippen LogP contribution is -2.23. The number of methoxy groups -OCH3 is 1. The topological polar surface area (TPSA) is 79.2 Å². The maximum absolute atomic E-state index is 12.8. The molecule has 1 saturated heterocycles. The lowest BCUT2D eigenvalue weighted by Gasteiger charge is -2.14. The molecule has 30 heavy (non-hydrogen) atoms. The van der Waals surface area contributed by atoms with E-state index in [2.05, 4.69) is 24.9 Å². The van der Waals surface area contributed by atoms with E-state index in [4.69, 9.17) is 9.84 Å². The number of rotatable bonds is 5. The Balaban J connectivity index is 1.97. The van der Waals surface area contributed by atoms with E-state index in [0.717, 1.165) is 22.4 Å². The highest BCUT2D eigenvalue weighted by Gasteiger charge is 2.30. The second-order valence-electron chi connectivity index (χ2n) is 7.33. The number of ether oxygens (including phenoxy) is 1. The van der Waals surface area contributed by atoms with Crippen LogP contribution >= 0.6 is 11.8 Å². The minimum Gasteiger partial charge on any atom is -0.496 e. The van der Waals surface area contributed by atoms with Crippen molar-refractivity contribution >= 4 is 40.6 Å². The van der Waals surface area contributed by atoms with Crippen LogP contribution in [-0.4, -0.2) is 41.2 Å². The Bertz CT molecular complexity index is 1070. The third-order valence-electron chi connectivity index (χ3n) is 4.85. The number of amides is 1. The Morgan fingerprint density at radius 2 is 2.00 bits per heavy atom. The summed E-state index contributed by atoms with van der Waals surface area (Å²) in [4.78, 5) is 30.5. The highest BCUT2D eigenvalue weighted by atomic mass is 32.2. The Morgan fingerprint density at radius 1 is 1.27 bits per heavy atom. The number of hydrogen-bond donors (Lipinski definition) is 1. The molecule has 0 atom stereocenters. The number of carboxylic acid groups (broad SMARTS) is 1. The summed E-state index contributed by atoms with van der Waals surface area (Å²) in [5, 5.41) is 9.66. The maximum Gasteiger partial charge on any atom is 0.335 e. The second kappa shape index (κ2) is 8.75. The molecular formula is C23H24N2O4S.